The number of hydrogen-bond donors (Lipinski definition) is 1. The van der Waals surface area contributed by atoms with E-state index in [0.29, 0.717) is 22.6 Å². The molecule has 1 aromatic heterocycles. The van der Waals surface area contributed by atoms with E-state index >= 15 is 0 Å². The standard InChI is InChI=1S/C20H16N4O2S/c21-16-11-13-17(14-12-16)24-19(15-7-3-1-4-8-15)20(22-23-24)27(25,26)18-9-5-2-6-10-18/h1-14H,21H2. The maximum absolute atomic E-state index is 13.2. The van der Waals surface area contributed by atoms with Crippen molar-refractivity contribution in [2.24, 2.45) is 0 Å². The van der Waals surface area contributed by atoms with E-state index in [1.807, 2.05) is 30.3 Å². The highest BCUT2D eigenvalue weighted by Crippen LogP contribution is 2.31. The van der Waals surface area contributed by atoms with Gasteiger partial charge in [0.15, 0.2) is 0 Å². The summed E-state index contributed by atoms with van der Waals surface area (Å²) in [7, 11) is -3.83. The SMILES string of the molecule is Nc1ccc(-n2nnc(S(=O)(=O)c3ccccc3)c2-c2ccccc2)cc1. The second kappa shape index (κ2) is 6.69. The quantitative estimate of drug-likeness (QED) is 0.552. The largest absolute Gasteiger partial charge is 0.399 e. The van der Waals surface area contributed by atoms with Gasteiger partial charge in [-0.3, -0.25) is 0 Å². The van der Waals surface area contributed by atoms with Crippen molar-refractivity contribution >= 4 is 15.5 Å². The van der Waals surface area contributed by atoms with Gasteiger partial charge in [0.25, 0.3) is 0 Å². The molecule has 1 heterocycles. The first-order chi connectivity index (χ1) is 13.1. The number of nitrogen functional groups attached to an aromatic ring is 1. The number of nitrogens with two attached hydrogens (primary N) is 1. The van der Waals surface area contributed by atoms with Gasteiger partial charge in [0.05, 0.1) is 10.6 Å². The highest BCUT2D eigenvalue weighted by molar-refractivity contribution is 7.91. The molecule has 0 atom stereocenters. The summed E-state index contributed by atoms with van der Waals surface area (Å²) in [5.41, 5.74) is 8.15. The van der Waals surface area contributed by atoms with Crippen LogP contribution in [0.4, 0.5) is 5.69 Å². The predicted octanol–water partition coefficient (Wildman–Crippen LogP) is 3.35. The number of anilines is 1. The smallest absolute Gasteiger partial charge is 0.227 e. The van der Waals surface area contributed by atoms with E-state index in [9.17, 15) is 8.42 Å². The summed E-state index contributed by atoms with van der Waals surface area (Å²) in [4.78, 5) is 0.173. The molecule has 6 nitrogen and oxygen atoms in total. The summed E-state index contributed by atoms with van der Waals surface area (Å²) >= 11 is 0. The third-order valence-electron chi connectivity index (χ3n) is 4.13. The van der Waals surface area contributed by atoms with Gasteiger partial charge >= 0.3 is 0 Å². The molecule has 0 bridgehead atoms. The van der Waals surface area contributed by atoms with E-state index in [1.54, 1.807) is 54.6 Å². The number of hydrogen-bond acceptors (Lipinski definition) is 5. The van der Waals surface area contributed by atoms with E-state index < -0.39 is 9.84 Å². The highest BCUT2D eigenvalue weighted by Gasteiger charge is 2.28. The van der Waals surface area contributed by atoms with Crippen molar-refractivity contribution in [2.75, 3.05) is 5.73 Å². The van der Waals surface area contributed by atoms with Gasteiger partial charge in [-0.25, -0.2) is 13.1 Å². The minimum atomic E-state index is -3.83. The van der Waals surface area contributed by atoms with E-state index in [2.05, 4.69) is 10.3 Å². The van der Waals surface area contributed by atoms with Crippen molar-refractivity contribution in [3.8, 4) is 16.9 Å². The van der Waals surface area contributed by atoms with Crippen LogP contribution < -0.4 is 5.73 Å². The molecule has 4 aromatic rings. The Labute approximate surface area is 156 Å². The summed E-state index contributed by atoms with van der Waals surface area (Å²) in [6.45, 7) is 0. The van der Waals surface area contributed by atoms with Crippen LogP contribution in [-0.4, -0.2) is 23.4 Å². The van der Waals surface area contributed by atoms with Crippen molar-refractivity contribution < 1.29 is 8.42 Å². The average Bonchev–Trinajstić information content (AvgIpc) is 3.16. The summed E-state index contributed by atoms with van der Waals surface area (Å²) in [6.07, 6.45) is 0. The van der Waals surface area contributed by atoms with Gasteiger partial charge in [-0.2, -0.15) is 0 Å². The van der Waals surface area contributed by atoms with E-state index in [0.717, 1.165) is 0 Å². The lowest BCUT2D eigenvalue weighted by Crippen LogP contribution is -2.06. The first-order valence-corrected chi connectivity index (χ1v) is 9.73. The van der Waals surface area contributed by atoms with E-state index in [1.165, 1.54) is 4.68 Å². The number of aromatic nitrogens is 3. The van der Waals surface area contributed by atoms with Crippen molar-refractivity contribution in [1.29, 1.82) is 0 Å². The molecule has 0 saturated heterocycles. The molecule has 0 aliphatic carbocycles. The molecule has 3 aromatic carbocycles. The first-order valence-electron chi connectivity index (χ1n) is 8.24. The number of rotatable bonds is 4. The second-order valence-electron chi connectivity index (χ2n) is 5.93. The molecular formula is C20H16N4O2S. The summed E-state index contributed by atoms with van der Waals surface area (Å²) in [5, 5.41) is 8.08. The molecule has 7 heteroatoms. The van der Waals surface area contributed by atoms with Crippen LogP contribution in [-0.2, 0) is 9.84 Å². The van der Waals surface area contributed by atoms with Crippen LogP contribution >= 0.6 is 0 Å². The maximum atomic E-state index is 13.2. The maximum Gasteiger partial charge on any atom is 0.227 e. The fourth-order valence-corrected chi connectivity index (χ4v) is 4.14. The summed E-state index contributed by atoms with van der Waals surface area (Å²) < 4.78 is 27.9. The zero-order valence-electron chi connectivity index (χ0n) is 14.2. The van der Waals surface area contributed by atoms with Crippen LogP contribution in [0.3, 0.4) is 0 Å². The fraction of sp³-hybridized carbons (Fsp3) is 0. The lowest BCUT2D eigenvalue weighted by atomic mass is 10.1. The molecule has 0 spiro atoms. The Hall–Kier alpha value is -3.45. The van der Waals surface area contributed by atoms with Gasteiger partial charge in [0, 0.05) is 11.3 Å². The molecule has 4 rings (SSSR count). The zero-order valence-corrected chi connectivity index (χ0v) is 15.0. The topological polar surface area (TPSA) is 90.9 Å². The normalized spacial score (nSPS) is 11.4. The summed E-state index contributed by atoms with van der Waals surface area (Å²) in [6, 6.07) is 24.4. The molecule has 0 aliphatic rings. The minimum Gasteiger partial charge on any atom is -0.399 e. The van der Waals surface area contributed by atoms with E-state index in [-0.39, 0.29) is 9.92 Å². The van der Waals surface area contributed by atoms with Gasteiger partial charge in [-0.1, -0.05) is 53.7 Å². The van der Waals surface area contributed by atoms with Crippen molar-refractivity contribution in [1.82, 2.24) is 15.0 Å². The Kier molecular flexibility index (Phi) is 4.21. The van der Waals surface area contributed by atoms with Crippen molar-refractivity contribution in [3.05, 3.63) is 84.9 Å². The molecule has 0 radical (unpaired) electrons. The number of benzene rings is 3. The molecule has 0 fully saturated rings. The lowest BCUT2D eigenvalue weighted by Gasteiger charge is -2.09. The Morgan fingerprint density at radius 2 is 1.37 bits per heavy atom. The molecule has 27 heavy (non-hydrogen) atoms. The Bertz CT molecular complexity index is 1170. The third kappa shape index (κ3) is 3.09. The van der Waals surface area contributed by atoms with Crippen molar-refractivity contribution in [2.45, 2.75) is 9.92 Å². The molecule has 2 N–H and O–H groups in total. The molecule has 134 valence electrons. The molecule has 0 aliphatic heterocycles. The van der Waals surface area contributed by atoms with Crippen LogP contribution in [0.2, 0.25) is 0 Å². The summed E-state index contributed by atoms with van der Waals surface area (Å²) in [5.74, 6) is 0. The van der Waals surface area contributed by atoms with Gasteiger partial charge < -0.3 is 5.73 Å². The Balaban J connectivity index is 1.97. The molecular weight excluding hydrogens is 360 g/mol. The molecule has 0 unspecified atom stereocenters. The molecule has 0 saturated carbocycles. The van der Waals surface area contributed by atoms with E-state index in [4.69, 9.17) is 5.73 Å². The lowest BCUT2D eigenvalue weighted by molar-refractivity contribution is 0.592. The zero-order chi connectivity index (χ0) is 18.9. The Morgan fingerprint density at radius 3 is 2.00 bits per heavy atom. The van der Waals surface area contributed by atoms with Crippen LogP contribution in [0, 0.1) is 0 Å². The fourth-order valence-electron chi connectivity index (χ4n) is 2.80. The molecule has 0 amide bonds. The van der Waals surface area contributed by atoms with Crippen LogP contribution in [0.25, 0.3) is 16.9 Å². The number of sulfone groups is 1. The van der Waals surface area contributed by atoms with Crippen molar-refractivity contribution in [3.63, 3.8) is 0 Å². The van der Waals surface area contributed by atoms with Crippen LogP contribution in [0.1, 0.15) is 0 Å². The highest BCUT2D eigenvalue weighted by atomic mass is 32.2. The number of nitrogens with zero attached hydrogens (tertiary/aromatic N) is 3. The average molecular weight is 376 g/mol. The van der Waals surface area contributed by atoms with Gasteiger partial charge in [-0.15, -0.1) is 5.10 Å². The first kappa shape index (κ1) is 17.0. The van der Waals surface area contributed by atoms with Crippen LogP contribution in [0.5, 0.6) is 0 Å². The van der Waals surface area contributed by atoms with Gasteiger partial charge in [0.1, 0.15) is 5.69 Å². The predicted molar refractivity (Wildman–Crippen MR) is 103 cm³/mol. The third-order valence-corrected chi connectivity index (χ3v) is 5.81. The monoisotopic (exact) mass is 376 g/mol. The minimum absolute atomic E-state index is 0.0864. The Morgan fingerprint density at radius 1 is 0.778 bits per heavy atom. The van der Waals surface area contributed by atoms with Gasteiger partial charge in [-0.05, 0) is 36.4 Å². The second-order valence-corrected chi connectivity index (χ2v) is 7.79. The van der Waals surface area contributed by atoms with Crippen LogP contribution in [0.15, 0.2) is 94.9 Å². The van der Waals surface area contributed by atoms with Gasteiger partial charge in [0.2, 0.25) is 14.9 Å².